The number of aliphatic hydroxyl groups is 1. The Labute approximate surface area is 89.4 Å². The topological polar surface area (TPSA) is 49.3 Å². The second kappa shape index (κ2) is 5.86. The summed E-state index contributed by atoms with van der Waals surface area (Å²) >= 11 is 0. The Hall–Kier alpha value is -1.77. The Morgan fingerprint density at radius 1 is 1.40 bits per heavy atom. The second-order valence-electron chi connectivity index (χ2n) is 3.16. The summed E-state index contributed by atoms with van der Waals surface area (Å²) in [6.07, 6.45) is 1.72. The van der Waals surface area contributed by atoms with E-state index in [4.69, 9.17) is 5.11 Å². The van der Waals surface area contributed by atoms with Crippen LogP contribution in [0.5, 0.6) is 0 Å². The average Bonchev–Trinajstić information content (AvgIpc) is 2.29. The first-order chi connectivity index (χ1) is 7.29. The summed E-state index contributed by atoms with van der Waals surface area (Å²) in [7, 11) is 0. The van der Waals surface area contributed by atoms with Crippen molar-refractivity contribution in [2.45, 2.75) is 13.3 Å². The number of aliphatic hydroxyl groups excluding tert-OH is 1. The van der Waals surface area contributed by atoms with E-state index in [9.17, 15) is 4.79 Å². The molecule has 2 N–H and O–H groups in total. The molecular weight excluding hydrogens is 190 g/mol. The molecule has 0 aliphatic rings. The maximum atomic E-state index is 11.6. The van der Waals surface area contributed by atoms with Crippen molar-refractivity contribution in [2.75, 3.05) is 6.54 Å². The van der Waals surface area contributed by atoms with Crippen molar-refractivity contribution in [1.82, 2.24) is 5.32 Å². The van der Waals surface area contributed by atoms with Gasteiger partial charge in [-0.2, -0.15) is 0 Å². The fraction of sp³-hybridized carbons (Fsp3) is 0.250. The van der Waals surface area contributed by atoms with Crippen LogP contribution in [0.2, 0.25) is 0 Å². The Balaban J connectivity index is 2.78. The molecule has 0 atom stereocenters. The van der Waals surface area contributed by atoms with Crippen molar-refractivity contribution < 1.29 is 9.90 Å². The molecule has 0 aliphatic heterocycles. The lowest BCUT2D eigenvalue weighted by atomic mass is 10.1. The van der Waals surface area contributed by atoms with Gasteiger partial charge in [0.05, 0.1) is 11.8 Å². The summed E-state index contributed by atoms with van der Waals surface area (Å²) < 4.78 is 0. The van der Waals surface area contributed by atoms with Crippen LogP contribution >= 0.6 is 0 Å². The van der Waals surface area contributed by atoms with E-state index in [0.717, 1.165) is 12.7 Å². The Kier molecular flexibility index (Phi) is 4.41. The lowest BCUT2D eigenvalue weighted by molar-refractivity contribution is -0.115. The third-order valence-electron chi connectivity index (χ3n) is 1.99. The van der Waals surface area contributed by atoms with Gasteiger partial charge in [-0.3, -0.25) is 4.79 Å². The first-order valence-corrected chi connectivity index (χ1v) is 4.97. The number of rotatable bonds is 4. The summed E-state index contributed by atoms with van der Waals surface area (Å²) in [6.45, 7) is 2.59. The summed E-state index contributed by atoms with van der Waals surface area (Å²) in [5, 5.41) is 11.7. The molecule has 0 saturated heterocycles. The second-order valence-corrected chi connectivity index (χ2v) is 3.16. The van der Waals surface area contributed by atoms with Gasteiger partial charge in [-0.05, 0) is 12.0 Å². The van der Waals surface area contributed by atoms with Crippen LogP contribution < -0.4 is 5.32 Å². The highest BCUT2D eigenvalue weighted by Gasteiger charge is 2.10. The maximum absolute atomic E-state index is 11.6. The van der Waals surface area contributed by atoms with Crippen LogP contribution in [0.3, 0.4) is 0 Å². The lowest BCUT2D eigenvalue weighted by Gasteiger charge is -2.06. The average molecular weight is 205 g/mol. The SMILES string of the molecule is CCCNC(=O)/C(=C/O)c1ccccc1. The number of nitrogens with one attached hydrogen (secondary N) is 1. The standard InChI is InChI=1S/C12H15NO2/c1-2-8-13-12(15)11(9-14)10-6-4-3-5-7-10/h3-7,9,14H,2,8H2,1H3,(H,13,15)/b11-9+. The van der Waals surface area contributed by atoms with Gasteiger partial charge in [0.25, 0.3) is 5.91 Å². The first kappa shape index (κ1) is 11.3. The van der Waals surface area contributed by atoms with Gasteiger partial charge in [0.15, 0.2) is 0 Å². The molecule has 0 spiro atoms. The molecule has 0 aliphatic carbocycles. The molecule has 80 valence electrons. The third kappa shape index (κ3) is 3.13. The van der Waals surface area contributed by atoms with Crippen LogP contribution in [0, 0.1) is 0 Å². The molecule has 1 amide bonds. The highest BCUT2D eigenvalue weighted by molar-refractivity contribution is 6.19. The van der Waals surface area contributed by atoms with Gasteiger partial charge >= 0.3 is 0 Å². The molecule has 3 nitrogen and oxygen atoms in total. The Morgan fingerprint density at radius 3 is 2.60 bits per heavy atom. The maximum Gasteiger partial charge on any atom is 0.255 e. The molecule has 1 aromatic carbocycles. The quantitative estimate of drug-likeness (QED) is 0.584. The monoisotopic (exact) mass is 205 g/mol. The number of amides is 1. The van der Waals surface area contributed by atoms with Gasteiger partial charge in [-0.15, -0.1) is 0 Å². The van der Waals surface area contributed by atoms with E-state index in [2.05, 4.69) is 5.32 Å². The zero-order chi connectivity index (χ0) is 11.1. The molecule has 0 bridgehead atoms. The van der Waals surface area contributed by atoms with Crippen molar-refractivity contribution in [3.05, 3.63) is 42.2 Å². The molecule has 15 heavy (non-hydrogen) atoms. The normalized spacial score (nSPS) is 11.1. The predicted octanol–water partition coefficient (Wildman–Crippen LogP) is 2.11. The van der Waals surface area contributed by atoms with Gasteiger partial charge < -0.3 is 10.4 Å². The van der Waals surface area contributed by atoms with Crippen LogP contribution in [0.4, 0.5) is 0 Å². The van der Waals surface area contributed by atoms with Crippen LogP contribution in [-0.4, -0.2) is 17.6 Å². The molecule has 0 unspecified atom stereocenters. The number of hydrogen-bond donors (Lipinski definition) is 2. The van der Waals surface area contributed by atoms with Crippen molar-refractivity contribution >= 4 is 11.5 Å². The Bertz CT molecular complexity index is 344. The van der Waals surface area contributed by atoms with Crippen molar-refractivity contribution in [1.29, 1.82) is 0 Å². The van der Waals surface area contributed by atoms with Gasteiger partial charge in [0.1, 0.15) is 0 Å². The number of carbonyl (C=O) groups excluding carboxylic acids is 1. The minimum atomic E-state index is -0.245. The molecule has 1 aromatic rings. The zero-order valence-corrected chi connectivity index (χ0v) is 8.73. The van der Waals surface area contributed by atoms with E-state index in [1.165, 1.54) is 0 Å². The van der Waals surface area contributed by atoms with Crippen molar-refractivity contribution in [3.8, 4) is 0 Å². The summed E-state index contributed by atoms with van der Waals surface area (Å²) in [6, 6.07) is 9.08. The van der Waals surface area contributed by atoms with E-state index in [1.54, 1.807) is 12.1 Å². The number of hydrogen-bond acceptors (Lipinski definition) is 2. The molecule has 0 radical (unpaired) electrons. The predicted molar refractivity (Wildman–Crippen MR) is 60.3 cm³/mol. The van der Waals surface area contributed by atoms with E-state index < -0.39 is 0 Å². The largest absolute Gasteiger partial charge is 0.515 e. The summed E-state index contributed by atoms with van der Waals surface area (Å²) in [4.78, 5) is 11.6. The summed E-state index contributed by atoms with van der Waals surface area (Å²) in [5.74, 6) is -0.245. The molecular formula is C12H15NO2. The van der Waals surface area contributed by atoms with E-state index in [0.29, 0.717) is 17.7 Å². The molecule has 1 rings (SSSR count). The van der Waals surface area contributed by atoms with Crippen LogP contribution in [0.1, 0.15) is 18.9 Å². The highest BCUT2D eigenvalue weighted by Crippen LogP contribution is 2.12. The van der Waals surface area contributed by atoms with Gasteiger partial charge in [0.2, 0.25) is 0 Å². The minimum Gasteiger partial charge on any atom is -0.515 e. The third-order valence-corrected chi connectivity index (χ3v) is 1.99. The number of carbonyl (C=O) groups is 1. The smallest absolute Gasteiger partial charge is 0.255 e. The fourth-order valence-corrected chi connectivity index (χ4v) is 1.22. The zero-order valence-electron chi connectivity index (χ0n) is 8.73. The highest BCUT2D eigenvalue weighted by atomic mass is 16.2. The minimum absolute atomic E-state index is 0.245. The fourth-order valence-electron chi connectivity index (χ4n) is 1.22. The van der Waals surface area contributed by atoms with Gasteiger partial charge in [-0.25, -0.2) is 0 Å². The molecule has 3 heteroatoms. The van der Waals surface area contributed by atoms with Gasteiger partial charge in [-0.1, -0.05) is 37.3 Å². The Morgan fingerprint density at radius 2 is 2.07 bits per heavy atom. The summed E-state index contributed by atoms with van der Waals surface area (Å²) in [5.41, 5.74) is 1.01. The molecule has 0 aromatic heterocycles. The van der Waals surface area contributed by atoms with Crippen molar-refractivity contribution in [2.24, 2.45) is 0 Å². The van der Waals surface area contributed by atoms with E-state index in [-0.39, 0.29) is 5.91 Å². The van der Waals surface area contributed by atoms with Crippen LogP contribution in [0.15, 0.2) is 36.6 Å². The lowest BCUT2D eigenvalue weighted by Crippen LogP contribution is -2.25. The van der Waals surface area contributed by atoms with Gasteiger partial charge in [0, 0.05) is 6.54 Å². The first-order valence-electron chi connectivity index (χ1n) is 4.97. The van der Waals surface area contributed by atoms with E-state index >= 15 is 0 Å². The molecule has 0 saturated carbocycles. The van der Waals surface area contributed by atoms with Crippen LogP contribution in [-0.2, 0) is 4.79 Å². The van der Waals surface area contributed by atoms with Crippen molar-refractivity contribution in [3.63, 3.8) is 0 Å². The van der Waals surface area contributed by atoms with E-state index in [1.807, 2.05) is 25.1 Å². The number of benzene rings is 1. The molecule has 0 fully saturated rings. The van der Waals surface area contributed by atoms with Crippen LogP contribution in [0.25, 0.3) is 5.57 Å². The molecule has 0 heterocycles.